The van der Waals surface area contributed by atoms with Gasteiger partial charge in [0, 0.05) is 38.9 Å². The van der Waals surface area contributed by atoms with Crippen LogP contribution in [0.15, 0.2) is 0 Å². The maximum atomic E-state index is 6.21. The minimum Gasteiger partial charge on any atom is -0.383 e. The summed E-state index contributed by atoms with van der Waals surface area (Å²) in [5.41, 5.74) is 0.220. The third-order valence-corrected chi connectivity index (χ3v) is 5.70. The number of hydrogen-bond acceptors (Lipinski definition) is 4. The number of nitrogens with zero attached hydrogens (tertiary/aromatic N) is 1. The fourth-order valence-electron chi connectivity index (χ4n) is 4.51. The van der Waals surface area contributed by atoms with Gasteiger partial charge < -0.3 is 14.8 Å². The van der Waals surface area contributed by atoms with Crippen molar-refractivity contribution in [1.29, 1.82) is 0 Å². The smallest absolute Gasteiger partial charge is 0.0697 e. The van der Waals surface area contributed by atoms with Crippen molar-refractivity contribution in [2.24, 2.45) is 0 Å². The zero-order valence-corrected chi connectivity index (χ0v) is 13.6. The molecule has 2 heterocycles. The summed E-state index contributed by atoms with van der Waals surface area (Å²) in [7, 11) is 1.81. The predicted octanol–water partition coefficient (Wildman–Crippen LogP) is 2.18. The molecule has 2 aliphatic heterocycles. The molecule has 4 nitrogen and oxygen atoms in total. The van der Waals surface area contributed by atoms with Crippen molar-refractivity contribution in [2.75, 3.05) is 40.0 Å². The van der Waals surface area contributed by atoms with Crippen molar-refractivity contribution in [1.82, 2.24) is 10.2 Å². The minimum atomic E-state index is 0.220. The van der Waals surface area contributed by atoms with Crippen LogP contribution >= 0.6 is 0 Å². The van der Waals surface area contributed by atoms with Crippen LogP contribution in [0.25, 0.3) is 0 Å². The highest BCUT2D eigenvalue weighted by molar-refractivity contribution is 4.95. The van der Waals surface area contributed by atoms with Crippen LogP contribution in [0.4, 0.5) is 0 Å². The van der Waals surface area contributed by atoms with Gasteiger partial charge in [0.25, 0.3) is 0 Å². The van der Waals surface area contributed by atoms with E-state index in [-0.39, 0.29) is 5.60 Å². The van der Waals surface area contributed by atoms with Gasteiger partial charge in [-0.3, -0.25) is 4.90 Å². The average molecular weight is 296 g/mol. The highest BCUT2D eigenvalue weighted by Gasteiger charge is 2.41. The molecule has 3 aliphatic rings. The van der Waals surface area contributed by atoms with E-state index in [4.69, 9.17) is 9.47 Å². The van der Waals surface area contributed by atoms with Crippen LogP contribution in [0.3, 0.4) is 0 Å². The molecule has 0 bridgehead atoms. The molecule has 0 radical (unpaired) electrons. The van der Waals surface area contributed by atoms with Crippen LogP contribution in [0.2, 0.25) is 0 Å². The maximum absolute atomic E-state index is 6.21. The van der Waals surface area contributed by atoms with Gasteiger partial charge in [0.15, 0.2) is 0 Å². The molecule has 3 fully saturated rings. The Kier molecular flexibility index (Phi) is 5.54. The molecule has 4 heteroatoms. The quantitative estimate of drug-likeness (QED) is 0.814. The summed E-state index contributed by atoms with van der Waals surface area (Å²) in [4.78, 5) is 2.69. The molecule has 0 aromatic heterocycles. The van der Waals surface area contributed by atoms with Crippen LogP contribution in [-0.4, -0.2) is 62.5 Å². The molecule has 1 spiro atoms. The SMILES string of the molecule is COCCN(CC1CCCN1)C1CCOC2(CCCC2)C1. The number of nitrogens with one attached hydrogen (secondary N) is 1. The molecule has 1 saturated carbocycles. The largest absolute Gasteiger partial charge is 0.383 e. The highest BCUT2D eigenvalue weighted by Crippen LogP contribution is 2.41. The van der Waals surface area contributed by atoms with Crippen molar-refractivity contribution >= 4 is 0 Å². The fraction of sp³-hybridized carbons (Fsp3) is 1.00. The van der Waals surface area contributed by atoms with Gasteiger partial charge in [0.1, 0.15) is 0 Å². The van der Waals surface area contributed by atoms with Gasteiger partial charge in [-0.05, 0) is 45.1 Å². The van der Waals surface area contributed by atoms with Gasteiger partial charge in [0.2, 0.25) is 0 Å². The van der Waals surface area contributed by atoms with Gasteiger partial charge in [-0.15, -0.1) is 0 Å². The van der Waals surface area contributed by atoms with Gasteiger partial charge in [-0.25, -0.2) is 0 Å². The lowest BCUT2D eigenvalue weighted by Gasteiger charge is -2.43. The third-order valence-electron chi connectivity index (χ3n) is 5.70. The summed E-state index contributed by atoms with van der Waals surface area (Å²) in [6.45, 7) is 5.24. The monoisotopic (exact) mass is 296 g/mol. The first-order valence-corrected chi connectivity index (χ1v) is 8.92. The van der Waals surface area contributed by atoms with E-state index in [1.54, 1.807) is 0 Å². The molecule has 1 N–H and O–H groups in total. The van der Waals surface area contributed by atoms with E-state index in [0.29, 0.717) is 12.1 Å². The van der Waals surface area contributed by atoms with E-state index in [1.165, 1.54) is 64.5 Å². The number of ether oxygens (including phenoxy) is 2. The van der Waals surface area contributed by atoms with E-state index in [1.807, 2.05) is 7.11 Å². The van der Waals surface area contributed by atoms with Crippen LogP contribution in [0.5, 0.6) is 0 Å². The topological polar surface area (TPSA) is 33.7 Å². The third kappa shape index (κ3) is 3.98. The predicted molar refractivity (Wildman–Crippen MR) is 84.6 cm³/mol. The molecule has 21 heavy (non-hydrogen) atoms. The summed E-state index contributed by atoms with van der Waals surface area (Å²) in [5.74, 6) is 0. The Morgan fingerprint density at radius 1 is 1.24 bits per heavy atom. The molecule has 0 aromatic carbocycles. The first-order chi connectivity index (χ1) is 10.3. The molecule has 2 saturated heterocycles. The second-order valence-corrected chi connectivity index (χ2v) is 7.17. The van der Waals surface area contributed by atoms with Gasteiger partial charge in [-0.2, -0.15) is 0 Å². The summed E-state index contributed by atoms with van der Waals surface area (Å²) in [6.07, 6.45) is 10.4. The summed E-state index contributed by atoms with van der Waals surface area (Å²) in [6, 6.07) is 1.37. The van der Waals surface area contributed by atoms with Crippen molar-refractivity contribution in [2.45, 2.75) is 69.1 Å². The summed E-state index contributed by atoms with van der Waals surface area (Å²) < 4.78 is 11.6. The normalized spacial score (nSPS) is 32.3. The van der Waals surface area contributed by atoms with Crippen LogP contribution < -0.4 is 5.32 Å². The first kappa shape index (κ1) is 15.7. The van der Waals surface area contributed by atoms with Crippen LogP contribution in [0, 0.1) is 0 Å². The molecule has 122 valence electrons. The molecular formula is C17H32N2O2. The maximum Gasteiger partial charge on any atom is 0.0697 e. The van der Waals surface area contributed by atoms with Crippen LogP contribution in [-0.2, 0) is 9.47 Å². The number of methoxy groups -OCH3 is 1. The fourth-order valence-corrected chi connectivity index (χ4v) is 4.51. The molecule has 2 unspecified atom stereocenters. The lowest BCUT2D eigenvalue weighted by atomic mass is 9.88. The molecule has 2 atom stereocenters. The van der Waals surface area contributed by atoms with Crippen molar-refractivity contribution in [3.05, 3.63) is 0 Å². The second-order valence-electron chi connectivity index (χ2n) is 7.17. The Balaban J connectivity index is 1.60. The number of hydrogen-bond donors (Lipinski definition) is 1. The van der Waals surface area contributed by atoms with E-state index >= 15 is 0 Å². The van der Waals surface area contributed by atoms with Gasteiger partial charge >= 0.3 is 0 Å². The second kappa shape index (κ2) is 7.40. The van der Waals surface area contributed by atoms with Crippen molar-refractivity contribution < 1.29 is 9.47 Å². The van der Waals surface area contributed by atoms with E-state index < -0.39 is 0 Å². The Hall–Kier alpha value is -0.160. The standard InChI is InChI=1S/C17H32N2O2/c1-20-12-10-19(14-15-5-4-9-18-15)16-6-11-21-17(13-16)7-2-3-8-17/h15-16,18H,2-14H2,1H3. The summed E-state index contributed by atoms with van der Waals surface area (Å²) >= 11 is 0. The Morgan fingerprint density at radius 3 is 2.81 bits per heavy atom. The Bertz CT molecular complexity index is 312. The zero-order valence-electron chi connectivity index (χ0n) is 13.6. The van der Waals surface area contributed by atoms with Crippen molar-refractivity contribution in [3.8, 4) is 0 Å². The summed E-state index contributed by atoms with van der Waals surface area (Å²) in [5, 5.41) is 3.65. The molecule has 3 rings (SSSR count). The van der Waals surface area contributed by atoms with E-state index in [9.17, 15) is 0 Å². The van der Waals surface area contributed by atoms with Crippen LogP contribution in [0.1, 0.15) is 51.4 Å². The first-order valence-electron chi connectivity index (χ1n) is 8.92. The van der Waals surface area contributed by atoms with Gasteiger partial charge in [0.05, 0.1) is 12.2 Å². The number of rotatable bonds is 6. The van der Waals surface area contributed by atoms with Gasteiger partial charge in [-0.1, -0.05) is 12.8 Å². The molecular weight excluding hydrogens is 264 g/mol. The minimum absolute atomic E-state index is 0.220. The van der Waals surface area contributed by atoms with E-state index in [0.717, 1.165) is 19.8 Å². The molecule has 0 amide bonds. The Morgan fingerprint density at radius 2 is 2.10 bits per heavy atom. The molecule has 1 aliphatic carbocycles. The Labute approximate surface area is 129 Å². The van der Waals surface area contributed by atoms with E-state index in [2.05, 4.69) is 10.2 Å². The lowest BCUT2D eigenvalue weighted by molar-refractivity contribution is -0.104. The average Bonchev–Trinajstić information content (AvgIpc) is 3.16. The highest BCUT2D eigenvalue weighted by atomic mass is 16.5. The van der Waals surface area contributed by atoms with Crippen molar-refractivity contribution in [3.63, 3.8) is 0 Å². The zero-order chi connectivity index (χ0) is 14.5. The lowest BCUT2D eigenvalue weighted by Crippen LogP contribution is -2.51. The molecule has 0 aromatic rings.